The van der Waals surface area contributed by atoms with Gasteiger partial charge in [0.15, 0.2) is 0 Å². The summed E-state index contributed by atoms with van der Waals surface area (Å²) in [5, 5.41) is 0. The van der Waals surface area contributed by atoms with Crippen molar-refractivity contribution in [3.05, 3.63) is 35.4 Å². The fourth-order valence-corrected chi connectivity index (χ4v) is 1.14. The van der Waals surface area contributed by atoms with Crippen molar-refractivity contribution in [1.29, 1.82) is 0 Å². The minimum atomic E-state index is -0.279. The van der Waals surface area contributed by atoms with E-state index in [1.165, 1.54) is 0 Å². The summed E-state index contributed by atoms with van der Waals surface area (Å²) >= 11 is 3.17. The lowest BCUT2D eigenvalue weighted by Gasteiger charge is -2.00. The van der Waals surface area contributed by atoms with Crippen molar-refractivity contribution in [2.24, 2.45) is 0 Å². The number of hydrogen-bond donors (Lipinski definition) is 0. The third-order valence-electron chi connectivity index (χ3n) is 1.51. The van der Waals surface area contributed by atoms with E-state index in [2.05, 4.69) is 15.9 Å². The maximum atomic E-state index is 10.3. The average molecular weight is 227 g/mol. The first kappa shape index (κ1) is 9.13. The Balaban J connectivity index is 2.91. The number of benzene rings is 1. The summed E-state index contributed by atoms with van der Waals surface area (Å²) in [4.78, 5) is 20.3. The van der Waals surface area contributed by atoms with E-state index < -0.39 is 0 Å². The van der Waals surface area contributed by atoms with Gasteiger partial charge >= 0.3 is 0 Å². The van der Waals surface area contributed by atoms with Crippen molar-refractivity contribution in [3.8, 4) is 0 Å². The highest BCUT2D eigenvalue weighted by Crippen LogP contribution is 2.19. The molecule has 62 valence electrons. The molecule has 0 aromatic heterocycles. The highest BCUT2D eigenvalue weighted by molar-refractivity contribution is 9.09. The monoisotopic (exact) mass is 226 g/mol. The second-order valence-corrected chi connectivity index (χ2v) is 3.31. The number of rotatable bonds is 3. The number of carbonyl (C=O) groups is 2. The van der Waals surface area contributed by atoms with Gasteiger partial charge in [0.1, 0.15) is 12.6 Å². The van der Waals surface area contributed by atoms with Crippen molar-refractivity contribution in [3.63, 3.8) is 0 Å². The fraction of sp³-hybridized carbons (Fsp3) is 0.111. The molecule has 0 radical (unpaired) electrons. The van der Waals surface area contributed by atoms with Gasteiger partial charge in [0.05, 0.1) is 4.83 Å². The zero-order valence-electron chi connectivity index (χ0n) is 6.24. The van der Waals surface area contributed by atoms with E-state index in [0.29, 0.717) is 5.56 Å². The molecular formula is C9H7BrO2. The predicted molar refractivity (Wildman–Crippen MR) is 49.6 cm³/mol. The van der Waals surface area contributed by atoms with Crippen molar-refractivity contribution in [2.75, 3.05) is 0 Å². The molecule has 0 amide bonds. The van der Waals surface area contributed by atoms with Gasteiger partial charge in [0.25, 0.3) is 0 Å². The van der Waals surface area contributed by atoms with Crippen LogP contribution in [0.1, 0.15) is 20.7 Å². The fourth-order valence-electron chi connectivity index (χ4n) is 0.837. The van der Waals surface area contributed by atoms with Crippen LogP contribution in [-0.2, 0) is 4.79 Å². The van der Waals surface area contributed by atoms with Gasteiger partial charge in [-0.3, -0.25) is 4.79 Å². The number of alkyl halides is 1. The highest BCUT2D eigenvalue weighted by Gasteiger charge is 2.03. The molecule has 1 unspecified atom stereocenters. The quantitative estimate of drug-likeness (QED) is 0.585. The Bertz CT molecular complexity index is 279. The summed E-state index contributed by atoms with van der Waals surface area (Å²) in [7, 11) is 0. The normalized spacial score (nSPS) is 12.1. The molecule has 3 heteroatoms. The summed E-state index contributed by atoms with van der Waals surface area (Å²) in [5.74, 6) is 0. The van der Waals surface area contributed by atoms with E-state index >= 15 is 0 Å². The maximum absolute atomic E-state index is 10.3. The maximum Gasteiger partial charge on any atom is 0.150 e. The van der Waals surface area contributed by atoms with Gasteiger partial charge in [-0.15, -0.1) is 0 Å². The lowest BCUT2D eigenvalue weighted by molar-refractivity contribution is -0.107. The lowest BCUT2D eigenvalue weighted by atomic mass is 10.1. The molecule has 0 aliphatic rings. The predicted octanol–water partition coefficient (Wildman–Crippen LogP) is 2.13. The van der Waals surface area contributed by atoms with E-state index in [-0.39, 0.29) is 4.83 Å². The standard InChI is InChI=1S/C9H7BrO2/c10-9(6-12)8-3-1-7(5-11)2-4-8/h1-6,9H. The SMILES string of the molecule is O=Cc1ccc(C(Br)C=O)cc1. The summed E-state index contributed by atoms with van der Waals surface area (Å²) < 4.78 is 0. The van der Waals surface area contributed by atoms with Gasteiger partial charge in [0, 0.05) is 5.56 Å². The van der Waals surface area contributed by atoms with Gasteiger partial charge in [-0.05, 0) is 5.56 Å². The molecule has 0 saturated heterocycles. The van der Waals surface area contributed by atoms with E-state index in [9.17, 15) is 9.59 Å². The van der Waals surface area contributed by atoms with Gasteiger partial charge in [0.2, 0.25) is 0 Å². The number of carbonyl (C=O) groups excluding carboxylic acids is 2. The molecule has 0 saturated carbocycles. The van der Waals surface area contributed by atoms with E-state index in [1.807, 2.05) is 0 Å². The van der Waals surface area contributed by atoms with Crippen LogP contribution in [0.4, 0.5) is 0 Å². The summed E-state index contributed by atoms with van der Waals surface area (Å²) in [6, 6.07) is 6.86. The van der Waals surface area contributed by atoms with Crippen LogP contribution in [-0.4, -0.2) is 12.6 Å². The first-order chi connectivity index (χ1) is 5.77. The zero-order chi connectivity index (χ0) is 8.97. The molecule has 0 aliphatic heterocycles. The zero-order valence-corrected chi connectivity index (χ0v) is 7.82. The van der Waals surface area contributed by atoms with E-state index in [1.54, 1.807) is 24.3 Å². The van der Waals surface area contributed by atoms with Crippen LogP contribution in [0.25, 0.3) is 0 Å². The van der Waals surface area contributed by atoms with Crippen LogP contribution in [0.5, 0.6) is 0 Å². The third kappa shape index (κ3) is 2.01. The van der Waals surface area contributed by atoms with E-state index in [4.69, 9.17) is 0 Å². The molecule has 0 spiro atoms. The largest absolute Gasteiger partial charge is 0.302 e. The highest BCUT2D eigenvalue weighted by atomic mass is 79.9. The molecule has 0 N–H and O–H groups in total. The first-order valence-electron chi connectivity index (χ1n) is 3.42. The molecule has 1 aromatic rings. The molecule has 1 aromatic carbocycles. The van der Waals surface area contributed by atoms with Crippen LogP contribution in [0, 0.1) is 0 Å². The number of hydrogen-bond acceptors (Lipinski definition) is 2. The van der Waals surface area contributed by atoms with Gasteiger partial charge < -0.3 is 4.79 Å². The molecule has 0 heterocycles. The molecular weight excluding hydrogens is 220 g/mol. The second kappa shape index (κ2) is 4.16. The van der Waals surface area contributed by atoms with Crippen LogP contribution in [0.15, 0.2) is 24.3 Å². The van der Waals surface area contributed by atoms with Crippen molar-refractivity contribution >= 4 is 28.5 Å². The van der Waals surface area contributed by atoms with Crippen LogP contribution in [0.2, 0.25) is 0 Å². The minimum absolute atomic E-state index is 0.279. The first-order valence-corrected chi connectivity index (χ1v) is 4.34. The molecule has 2 nitrogen and oxygen atoms in total. The lowest BCUT2D eigenvalue weighted by Crippen LogP contribution is -1.90. The Morgan fingerprint density at radius 2 is 1.75 bits per heavy atom. The molecule has 0 fully saturated rings. The molecule has 0 bridgehead atoms. The summed E-state index contributed by atoms with van der Waals surface area (Å²) in [6.45, 7) is 0. The van der Waals surface area contributed by atoms with Crippen molar-refractivity contribution in [2.45, 2.75) is 4.83 Å². The Labute approximate surface area is 78.7 Å². The van der Waals surface area contributed by atoms with Gasteiger partial charge in [-0.25, -0.2) is 0 Å². The Kier molecular flexibility index (Phi) is 3.17. The van der Waals surface area contributed by atoms with Crippen molar-refractivity contribution < 1.29 is 9.59 Å². The molecule has 1 rings (SSSR count). The molecule has 1 atom stereocenters. The number of aldehydes is 2. The summed E-state index contributed by atoms with van der Waals surface area (Å²) in [6.07, 6.45) is 1.57. The number of halogens is 1. The second-order valence-electron chi connectivity index (χ2n) is 2.32. The molecule has 12 heavy (non-hydrogen) atoms. The smallest absolute Gasteiger partial charge is 0.150 e. The third-order valence-corrected chi connectivity index (χ3v) is 2.25. The van der Waals surface area contributed by atoms with Crippen LogP contribution >= 0.6 is 15.9 Å². The minimum Gasteiger partial charge on any atom is -0.302 e. The Hall–Kier alpha value is -0.960. The van der Waals surface area contributed by atoms with Crippen LogP contribution < -0.4 is 0 Å². The van der Waals surface area contributed by atoms with Gasteiger partial charge in [-0.1, -0.05) is 40.2 Å². The average Bonchev–Trinajstić information content (AvgIpc) is 2.17. The Morgan fingerprint density at radius 3 is 2.17 bits per heavy atom. The molecule has 0 aliphatic carbocycles. The topological polar surface area (TPSA) is 34.1 Å². The van der Waals surface area contributed by atoms with Gasteiger partial charge in [-0.2, -0.15) is 0 Å². The van der Waals surface area contributed by atoms with E-state index in [0.717, 1.165) is 18.1 Å². The Morgan fingerprint density at radius 1 is 1.17 bits per heavy atom. The summed E-state index contributed by atoms with van der Waals surface area (Å²) in [5.41, 5.74) is 1.47. The van der Waals surface area contributed by atoms with Crippen molar-refractivity contribution in [1.82, 2.24) is 0 Å². The van der Waals surface area contributed by atoms with Crippen LogP contribution in [0.3, 0.4) is 0 Å².